The predicted molar refractivity (Wildman–Crippen MR) is 72.2 cm³/mol. The first kappa shape index (κ1) is 14.1. The van der Waals surface area contributed by atoms with Crippen LogP contribution in [0.2, 0.25) is 0 Å². The Morgan fingerprint density at radius 3 is 2.00 bits per heavy atom. The minimum atomic E-state index is -2.00. The number of imide groups is 2. The molecule has 2 saturated heterocycles. The zero-order chi connectivity index (χ0) is 16.1. The topological polar surface area (TPSA) is 109 Å². The van der Waals surface area contributed by atoms with Gasteiger partial charge in [-0.3, -0.25) is 34.6 Å². The van der Waals surface area contributed by atoms with Crippen molar-refractivity contribution in [2.24, 2.45) is 17.3 Å². The quantitative estimate of drug-likeness (QED) is 0.441. The number of carbonyl (C=O) groups excluding carboxylic acids is 5. The van der Waals surface area contributed by atoms with E-state index in [0.717, 1.165) is 0 Å². The van der Waals surface area contributed by atoms with Gasteiger partial charge in [0.15, 0.2) is 11.2 Å². The number of hydrogen-bond donors (Lipinski definition) is 2. The Bertz CT molecular complexity index is 695. The van der Waals surface area contributed by atoms with Gasteiger partial charge < -0.3 is 0 Å². The summed E-state index contributed by atoms with van der Waals surface area (Å²) in [5.41, 5.74) is -1.69. The van der Waals surface area contributed by atoms with Gasteiger partial charge >= 0.3 is 0 Å². The number of ketones is 1. The number of Topliss-reactive ketones (excluding diaryl/α,β-unsaturated/α-hetero) is 1. The van der Waals surface area contributed by atoms with Crippen LogP contribution in [-0.4, -0.2) is 29.4 Å². The van der Waals surface area contributed by atoms with Crippen molar-refractivity contribution < 1.29 is 24.0 Å². The molecule has 2 aliphatic rings. The Hall–Kier alpha value is -2.83. The number of hydrogen-bond acceptors (Lipinski definition) is 5. The summed E-state index contributed by atoms with van der Waals surface area (Å²) in [7, 11) is 0. The monoisotopic (exact) mass is 300 g/mol. The highest BCUT2D eigenvalue weighted by Crippen LogP contribution is 2.45. The Kier molecular flexibility index (Phi) is 2.94. The lowest BCUT2D eigenvalue weighted by molar-refractivity contribution is -0.142. The first-order valence-corrected chi connectivity index (χ1v) is 6.70. The van der Waals surface area contributed by atoms with Crippen LogP contribution in [0.25, 0.3) is 0 Å². The van der Waals surface area contributed by atoms with E-state index >= 15 is 0 Å². The van der Waals surface area contributed by atoms with E-state index in [4.69, 9.17) is 0 Å². The molecule has 112 valence electrons. The Balaban J connectivity index is 2.09. The lowest BCUT2D eigenvalue weighted by atomic mass is 9.67. The predicted octanol–water partition coefficient (Wildman–Crippen LogP) is -0.579. The number of fused-ring (bicyclic) bond motifs is 1. The Morgan fingerprint density at radius 1 is 1.00 bits per heavy atom. The average Bonchev–Trinajstić information content (AvgIpc) is 2.93. The van der Waals surface area contributed by atoms with Crippen LogP contribution in [0.3, 0.4) is 0 Å². The minimum Gasteiger partial charge on any atom is -0.295 e. The fourth-order valence-electron chi connectivity index (χ4n) is 3.18. The van der Waals surface area contributed by atoms with Gasteiger partial charge in [0.25, 0.3) is 0 Å². The standard InChI is InChI=1S/C15H12N2O5/c1-7(10(18)8-5-3-2-4-6-8)15-9(11(19)16-13(15)21)12(20)17-14(15)22/h2-7,9H,1H3,(H,16,19,21)(H,17,20,22). The molecular formula is C15H12N2O5. The van der Waals surface area contributed by atoms with E-state index in [2.05, 4.69) is 0 Å². The van der Waals surface area contributed by atoms with E-state index in [0.29, 0.717) is 5.56 Å². The van der Waals surface area contributed by atoms with E-state index in [-0.39, 0.29) is 0 Å². The largest absolute Gasteiger partial charge is 0.295 e. The van der Waals surface area contributed by atoms with Gasteiger partial charge in [0.05, 0.1) is 0 Å². The Morgan fingerprint density at radius 2 is 1.50 bits per heavy atom. The number of rotatable bonds is 3. The zero-order valence-corrected chi connectivity index (χ0v) is 11.6. The molecule has 7 heteroatoms. The van der Waals surface area contributed by atoms with Crippen LogP contribution in [0.1, 0.15) is 17.3 Å². The molecule has 1 unspecified atom stereocenters. The third kappa shape index (κ3) is 1.59. The summed E-state index contributed by atoms with van der Waals surface area (Å²) in [4.78, 5) is 60.7. The molecule has 0 saturated carbocycles. The smallest absolute Gasteiger partial charge is 0.244 e. The van der Waals surface area contributed by atoms with Crippen molar-refractivity contribution in [1.82, 2.24) is 10.6 Å². The summed E-state index contributed by atoms with van der Waals surface area (Å²) in [6.45, 7) is 1.39. The number of nitrogens with one attached hydrogen (secondary N) is 2. The molecular weight excluding hydrogens is 288 g/mol. The second-order valence-corrected chi connectivity index (χ2v) is 5.39. The van der Waals surface area contributed by atoms with Crippen LogP contribution in [0.5, 0.6) is 0 Å². The highest BCUT2D eigenvalue weighted by molar-refractivity contribution is 6.33. The maximum absolute atomic E-state index is 12.6. The summed E-state index contributed by atoms with van der Waals surface area (Å²) in [6.07, 6.45) is 0. The average molecular weight is 300 g/mol. The van der Waals surface area contributed by atoms with Gasteiger partial charge in [-0.1, -0.05) is 37.3 Å². The van der Waals surface area contributed by atoms with Crippen molar-refractivity contribution in [3.8, 4) is 0 Å². The van der Waals surface area contributed by atoms with Crippen LogP contribution >= 0.6 is 0 Å². The molecule has 0 radical (unpaired) electrons. The molecule has 22 heavy (non-hydrogen) atoms. The highest BCUT2D eigenvalue weighted by Gasteiger charge is 2.71. The molecule has 0 aliphatic carbocycles. The van der Waals surface area contributed by atoms with Crippen molar-refractivity contribution in [2.45, 2.75) is 6.92 Å². The first-order chi connectivity index (χ1) is 10.4. The van der Waals surface area contributed by atoms with Crippen molar-refractivity contribution in [1.29, 1.82) is 0 Å². The van der Waals surface area contributed by atoms with E-state index in [1.54, 1.807) is 30.3 Å². The number of amides is 4. The summed E-state index contributed by atoms with van der Waals surface area (Å²) in [5, 5.41) is 3.99. The molecule has 7 nitrogen and oxygen atoms in total. The molecule has 1 aromatic rings. The summed E-state index contributed by atoms with van der Waals surface area (Å²) >= 11 is 0. The summed E-state index contributed by atoms with van der Waals surface area (Å²) < 4.78 is 0. The van der Waals surface area contributed by atoms with Crippen molar-refractivity contribution in [2.75, 3.05) is 0 Å². The second-order valence-electron chi connectivity index (χ2n) is 5.39. The molecule has 2 N–H and O–H groups in total. The summed E-state index contributed by atoms with van der Waals surface area (Å²) in [6, 6.07) is 8.12. The van der Waals surface area contributed by atoms with Gasteiger partial charge in [0.2, 0.25) is 23.6 Å². The normalized spacial score (nSPS) is 28.1. The lowest BCUT2D eigenvalue weighted by Crippen LogP contribution is -2.49. The highest BCUT2D eigenvalue weighted by atomic mass is 16.2. The van der Waals surface area contributed by atoms with E-state index in [1.807, 2.05) is 10.6 Å². The molecule has 1 atom stereocenters. The zero-order valence-electron chi connectivity index (χ0n) is 11.6. The van der Waals surface area contributed by atoms with Gasteiger partial charge in [-0.05, 0) is 0 Å². The minimum absolute atomic E-state index is 0.308. The van der Waals surface area contributed by atoms with Crippen molar-refractivity contribution in [3.05, 3.63) is 35.9 Å². The van der Waals surface area contributed by atoms with Gasteiger partial charge in [0, 0.05) is 11.5 Å². The number of carbonyl (C=O) groups is 5. The fourth-order valence-corrected chi connectivity index (χ4v) is 3.18. The molecule has 1 aromatic carbocycles. The molecule has 3 rings (SSSR count). The van der Waals surface area contributed by atoms with Gasteiger partial charge in [0.1, 0.15) is 5.92 Å². The lowest BCUT2D eigenvalue weighted by Gasteiger charge is -2.27. The fraction of sp³-hybridized carbons (Fsp3) is 0.267. The van der Waals surface area contributed by atoms with Crippen LogP contribution in [0.4, 0.5) is 0 Å². The van der Waals surface area contributed by atoms with Crippen LogP contribution in [0.15, 0.2) is 30.3 Å². The second kappa shape index (κ2) is 4.59. The van der Waals surface area contributed by atoms with Crippen LogP contribution < -0.4 is 10.6 Å². The molecule has 0 bridgehead atoms. The maximum atomic E-state index is 12.6. The Labute approximate surface area is 125 Å². The van der Waals surface area contributed by atoms with E-state index in [1.165, 1.54) is 6.92 Å². The maximum Gasteiger partial charge on any atom is 0.244 e. The van der Waals surface area contributed by atoms with Crippen molar-refractivity contribution in [3.63, 3.8) is 0 Å². The van der Waals surface area contributed by atoms with Crippen LogP contribution in [-0.2, 0) is 19.2 Å². The molecule has 0 spiro atoms. The third-order valence-electron chi connectivity index (χ3n) is 4.34. The van der Waals surface area contributed by atoms with Crippen molar-refractivity contribution >= 4 is 29.4 Å². The van der Waals surface area contributed by atoms with Crippen LogP contribution in [0, 0.1) is 17.3 Å². The molecule has 2 heterocycles. The van der Waals surface area contributed by atoms with Gasteiger partial charge in [-0.25, -0.2) is 0 Å². The molecule has 2 fully saturated rings. The molecule has 4 amide bonds. The molecule has 0 aromatic heterocycles. The van der Waals surface area contributed by atoms with E-state index in [9.17, 15) is 24.0 Å². The first-order valence-electron chi connectivity index (χ1n) is 6.70. The third-order valence-corrected chi connectivity index (χ3v) is 4.34. The SMILES string of the molecule is CC(C(=O)c1ccccc1)C12C(=O)NC(=O)C1C(=O)NC2=O. The van der Waals surface area contributed by atoms with E-state index < -0.39 is 46.7 Å². The summed E-state index contributed by atoms with van der Waals surface area (Å²) in [5.74, 6) is -6.60. The number of benzene rings is 1. The van der Waals surface area contributed by atoms with Gasteiger partial charge in [-0.15, -0.1) is 0 Å². The molecule has 2 aliphatic heterocycles. The van der Waals surface area contributed by atoms with Gasteiger partial charge in [-0.2, -0.15) is 0 Å².